The van der Waals surface area contributed by atoms with Gasteiger partial charge in [0.25, 0.3) is 0 Å². The van der Waals surface area contributed by atoms with Crippen LogP contribution in [0.3, 0.4) is 0 Å². The van der Waals surface area contributed by atoms with Crippen LogP contribution < -0.4 is 0 Å². The van der Waals surface area contributed by atoms with Crippen LogP contribution in [0.1, 0.15) is 38.9 Å². The maximum absolute atomic E-state index is 5.91. The first-order chi connectivity index (χ1) is 7.07. The van der Waals surface area contributed by atoms with Crippen LogP contribution in [0.4, 0.5) is 0 Å². The summed E-state index contributed by atoms with van der Waals surface area (Å²) in [6, 6.07) is 4.03. The molecule has 1 aliphatic heterocycles. The van der Waals surface area contributed by atoms with E-state index >= 15 is 0 Å². The average molecular weight is 206 g/mol. The van der Waals surface area contributed by atoms with Crippen molar-refractivity contribution < 1.29 is 4.84 Å². The summed E-state index contributed by atoms with van der Waals surface area (Å²) in [5.74, 6) is 0. The Morgan fingerprint density at radius 1 is 1.47 bits per heavy atom. The molecule has 1 aromatic rings. The summed E-state index contributed by atoms with van der Waals surface area (Å²) >= 11 is 0. The first-order valence-corrected chi connectivity index (χ1v) is 5.42. The zero-order valence-corrected chi connectivity index (χ0v) is 9.60. The number of hydrogen-bond donors (Lipinski definition) is 0. The minimum absolute atomic E-state index is 0.0803. The zero-order chi connectivity index (χ0) is 10.9. The van der Waals surface area contributed by atoms with Crippen LogP contribution in [-0.2, 0) is 4.84 Å². The fourth-order valence-electron chi connectivity index (χ4n) is 1.78. The summed E-state index contributed by atoms with van der Waals surface area (Å²) in [4.78, 5) is 10.0. The predicted molar refractivity (Wildman–Crippen MR) is 59.1 cm³/mol. The summed E-state index contributed by atoms with van der Waals surface area (Å²) in [6.07, 6.45) is 4.90. The van der Waals surface area contributed by atoms with Gasteiger partial charge in [0.2, 0.25) is 0 Å². The summed E-state index contributed by atoms with van der Waals surface area (Å²) in [5, 5.41) is 2.06. The second-order valence-electron chi connectivity index (χ2n) is 4.94. The Kier molecular flexibility index (Phi) is 2.76. The van der Waals surface area contributed by atoms with Crippen molar-refractivity contribution in [3.63, 3.8) is 0 Å². The van der Waals surface area contributed by atoms with Crippen LogP contribution >= 0.6 is 0 Å². The van der Waals surface area contributed by atoms with Gasteiger partial charge in [-0.15, -0.1) is 0 Å². The van der Waals surface area contributed by atoms with E-state index in [1.54, 1.807) is 6.20 Å². The molecule has 3 heteroatoms. The maximum Gasteiger partial charge on any atom is 0.107 e. The van der Waals surface area contributed by atoms with E-state index in [1.807, 2.05) is 12.3 Å². The minimum atomic E-state index is 0.0803. The second kappa shape index (κ2) is 3.91. The standard InChI is InChI=1S/C12H18N2O/c1-12(2,3)14-8-6-11(15-14)10-5-4-7-13-9-10/h4-5,7,9,11H,6,8H2,1-3H3. The van der Waals surface area contributed by atoms with Gasteiger partial charge in [-0.25, -0.2) is 0 Å². The van der Waals surface area contributed by atoms with Crippen molar-refractivity contribution in [3.05, 3.63) is 30.1 Å². The Bertz CT molecular complexity index is 318. The smallest absolute Gasteiger partial charge is 0.107 e. The number of hydroxylamine groups is 2. The molecule has 2 heterocycles. The molecule has 3 nitrogen and oxygen atoms in total. The van der Waals surface area contributed by atoms with Crippen LogP contribution in [0.15, 0.2) is 24.5 Å². The lowest BCUT2D eigenvalue weighted by Crippen LogP contribution is -2.38. The van der Waals surface area contributed by atoms with Crippen molar-refractivity contribution in [1.29, 1.82) is 0 Å². The van der Waals surface area contributed by atoms with E-state index in [9.17, 15) is 0 Å². The SMILES string of the molecule is CC(C)(C)N1CCC(c2cccnc2)O1. The Morgan fingerprint density at radius 2 is 2.27 bits per heavy atom. The summed E-state index contributed by atoms with van der Waals surface area (Å²) in [6.45, 7) is 7.49. The molecule has 82 valence electrons. The van der Waals surface area contributed by atoms with Crippen molar-refractivity contribution in [2.75, 3.05) is 6.54 Å². The third kappa shape index (κ3) is 2.36. The largest absolute Gasteiger partial charge is 0.290 e. The fourth-order valence-corrected chi connectivity index (χ4v) is 1.78. The van der Waals surface area contributed by atoms with Crippen LogP contribution in [0.5, 0.6) is 0 Å². The maximum atomic E-state index is 5.91. The Labute approximate surface area is 91.0 Å². The number of pyridine rings is 1. The third-order valence-corrected chi connectivity index (χ3v) is 2.65. The van der Waals surface area contributed by atoms with Gasteiger partial charge in [0.15, 0.2) is 0 Å². The minimum Gasteiger partial charge on any atom is -0.290 e. The summed E-state index contributed by atoms with van der Waals surface area (Å²) < 4.78 is 0. The Morgan fingerprint density at radius 3 is 2.80 bits per heavy atom. The third-order valence-electron chi connectivity index (χ3n) is 2.65. The lowest BCUT2D eigenvalue weighted by atomic mass is 10.1. The molecule has 1 unspecified atom stereocenters. The van der Waals surface area contributed by atoms with Gasteiger partial charge >= 0.3 is 0 Å². The van der Waals surface area contributed by atoms with E-state index in [2.05, 4.69) is 36.9 Å². The number of rotatable bonds is 1. The van der Waals surface area contributed by atoms with Crippen molar-refractivity contribution in [2.45, 2.75) is 38.8 Å². The average Bonchev–Trinajstić information content (AvgIpc) is 2.67. The molecule has 1 atom stereocenters. The quantitative estimate of drug-likeness (QED) is 0.706. The highest BCUT2D eigenvalue weighted by atomic mass is 16.7. The van der Waals surface area contributed by atoms with E-state index < -0.39 is 0 Å². The molecule has 1 aliphatic rings. The topological polar surface area (TPSA) is 25.4 Å². The lowest BCUT2D eigenvalue weighted by Gasteiger charge is -2.30. The molecular formula is C12H18N2O. The molecule has 0 spiro atoms. The van der Waals surface area contributed by atoms with Crippen molar-refractivity contribution in [2.24, 2.45) is 0 Å². The monoisotopic (exact) mass is 206 g/mol. The zero-order valence-electron chi connectivity index (χ0n) is 9.60. The van der Waals surface area contributed by atoms with Crippen LogP contribution in [0.25, 0.3) is 0 Å². The highest BCUT2D eigenvalue weighted by molar-refractivity contribution is 5.12. The van der Waals surface area contributed by atoms with E-state index in [0.717, 1.165) is 13.0 Å². The molecule has 1 fully saturated rings. The lowest BCUT2D eigenvalue weighted by molar-refractivity contribution is -0.196. The van der Waals surface area contributed by atoms with Gasteiger partial charge in [-0.2, -0.15) is 5.06 Å². The van der Waals surface area contributed by atoms with Crippen molar-refractivity contribution in [3.8, 4) is 0 Å². The Balaban J connectivity index is 2.05. The molecule has 0 N–H and O–H groups in total. The van der Waals surface area contributed by atoms with E-state index in [1.165, 1.54) is 5.56 Å². The van der Waals surface area contributed by atoms with Crippen LogP contribution in [0.2, 0.25) is 0 Å². The van der Waals surface area contributed by atoms with Gasteiger partial charge in [-0.1, -0.05) is 6.07 Å². The molecule has 0 aliphatic carbocycles. The normalized spacial score (nSPS) is 23.3. The molecular weight excluding hydrogens is 188 g/mol. The second-order valence-corrected chi connectivity index (χ2v) is 4.94. The first kappa shape index (κ1) is 10.6. The molecule has 0 radical (unpaired) electrons. The van der Waals surface area contributed by atoms with Gasteiger partial charge < -0.3 is 0 Å². The van der Waals surface area contributed by atoms with Gasteiger partial charge in [0.05, 0.1) is 0 Å². The summed E-state index contributed by atoms with van der Waals surface area (Å²) in [5.41, 5.74) is 1.25. The van der Waals surface area contributed by atoms with Gasteiger partial charge in [-0.3, -0.25) is 9.82 Å². The fraction of sp³-hybridized carbons (Fsp3) is 0.583. The molecule has 1 saturated heterocycles. The molecule has 0 aromatic carbocycles. The summed E-state index contributed by atoms with van der Waals surface area (Å²) in [7, 11) is 0. The highest BCUT2D eigenvalue weighted by Crippen LogP contribution is 2.32. The van der Waals surface area contributed by atoms with E-state index in [0.29, 0.717) is 0 Å². The molecule has 15 heavy (non-hydrogen) atoms. The molecule has 2 rings (SSSR count). The van der Waals surface area contributed by atoms with Crippen LogP contribution in [0, 0.1) is 0 Å². The van der Waals surface area contributed by atoms with Crippen LogP contribution in [-0.4, -0.2) is 22.1 Å². The van der Waals surface area contributed by atoms with Gasteiger partial charge in [0.1, 0.15) is 6.10 Å². The van der Waals surface area contributed by atoms with Crippen molar-refractivity contribution >= 4 is 0 Å². The van der Waals surface area contributed by atoms with Gasteiger partial charge in [0, 0.05) is 30.0 Å². The number of nitrogens with zero attached hydrogens (tertiary/aromatic N) is 2. The van der Waals surface area contributed by atoms with E-state index in [4.69, 9.17) is 4.84 Å². The van der Waals surface area contributed by atoms with Gasteiger partial charge in [-0.05, 0) is 33.3 Å². The molecule has 0 saturated carbocycles. The highest BCUT2D eigenvalue weighted by Gasteiger charge is 2.32. The van der Waals surface area contributed by atoms with Crippen molar-refractivity contribution in [1.82, 2.24) is 10.0 Å². The molecule has 0 bridgehead atoms. The number of hydrogen-bond acceptors (Lipinski definition) is 3. The molecule has 0 amide bonds. The Hall–Kier alpha value is -0.930. The molecule has 1 aromatic heterocycles. The number of aromatic nitrogens is 1. The first-order valence-electron chi connectivity index (χ1n) is 5.42. The van der Waals surface area contributed by atoms with E-state index in [-0.39, 0.29) is 11.6 Å². The predicted octanol–water partition coefficient (Wildman–Crippen LogP) is 2.56.